The Morgan fingerprint density at radius 2 is 1.58 bits per heavy atom. The zero-order valence-corrected chi connectivity index (χ0v) is 15.5. The molecule has 4 nitrogen and oxygen atoms in total. The highest BCUT2D eigenvalue weighted by molar-refractivity contribution is 5.94. The van der Waals surface area contributed by atoms with E-state index >= 15 is 0 Å². The van der Waals surface area contributed by atoms with Gasteiger partial charge in [-0.25, -0.2) is 0 Å². The molecule has 138 valence electrons. The minimum Gasteiger partial charge on any atom is -0.461 e. The number of benzene rings is 2. The molecule has 1 atom stereocenters. The third kappa shape index (κ3) is 7.09. The summed E-state index contributed by atoms with van der Waals surface area (Å²) in [5.41, 5.74) is 1.60. The van der Waals surface area contributed by atoms with Crippen molar-refractivity contribution in [2.75, 3.05) is 6.54 Å². The molecule has 0 bridgehead atoms. The monoisotopic (exact) mass is 353 g/mol. The van der Waals surface area contributed by atoms with Gasteiger partial charge in [-0.1, -0.05) is 62.4 Å². The quantitative estimate of drug-likeness (QED) is 0.687. The van der Waals surface area contributed by atoms with Crippen LogP contribution in [-0.4, -0.2) is 18.4 Å². The standard InChI is InChI=1S/C22H27NO3/c1-17(2)13-19(15-23-22(25)20-11-7-4-8-12-20)14-21(24)26-16-18-9-5-3-6-10-18/h3-12,17,19H,13-16H2,1-2H3,(H,23,25)/t19-/m0/s1. The van der Waals surface area contributed by atoms with E-state index in [1.54, 1.807) is 12.1 Å². The largest absolute Gasteiger partial charge is 0.461 e. The smallest absolute Gasteiger partial charge is 0.306 e. The molecule has 1 amide bonds. The molecule has 26 heavy (non-hydrogen) atoms. The van der Waals surface area contributed by atoms with E-state index < -0.39 is 0 Å². The summed E-state index contributed by atoms with van der Waals surface area (Å²) in [6.45, 7) is 4.97. The number of carbonyl (C=O) groups is 2. The first kappa shape index (κ1) is 19.7. The maximum Gasteiger partial charge on any atom is 0.306 e. The van der Waals surface area contributed by atoms with Gasteiger partial charge in [-0.05, 0) is 36.0 Å². The van der Waals surface area contributed by atoms with Crippen LogP contribution in [0.4, 0.5) is 0 Å². The molecule has 0 aromatic heterocycles. The fourth-order valence-corrected chi connectivity index (χ4v) is 2.87. The van der Waals surface area contributed by atoms with Crippen LogP contribution in [0.15, 0.2) is 60.7 Å². The van der Waals surface area contributed by atoms with Crippen molar-refractivity contribution in [3.8, 4) is 0 Å². The van der Waals surface area contributed by atoms with Gasteiger partial charge in [0.05, 0.1) is 6.42 Å². The number of hydrogen-bond acceptors (Lipinski definition) is 3. The number of ether oxygens (including phenoxy) is 1. The first-order chi connectivity index (χ1) is 12.5. The number of amides is 1. The van der Waals surface area contributed by atoms with Crippen LogP contribution in [-0.2, 0) is 16.1 Å². The van der Waals surface area contributed by atoms with E-state index in [2.05, 4.69) is 19.2 Å². The lowest BCUT2D eigenvalue weighted by atomic mass is 9.94. The molecule has 0 saturated heterocycles. The van der Waals surface area contributed by atoms with E-state index in [-0.39, 0.29) is 24.4 Å². The molecule has 0 unspecified atom stereocenters. The third-order valence-corrected chi connectivity index (χ3v) is 4.09. The Morgan fingerprint density at radius 3 is 2.19 bits per heavy atom. The van der Waals surface area contributed by atoms with Crippen LogP contribution in [0.3, 0.4) is 0 Å². The van der Waals surface area contributed by atoms with Crippen molar-refractivity contribution in [1.29, 1.82) is 0 Å². The van der Waals surface area contributed by atoms with E-state index in [1.165, 1.54) is 0 Å². The first-order valence-electron chi connectivity index (χ1n) is 9.07. The summed E-state index contributed by atoms with van der Waals surface area (Å²) in [6, 6.07) is 18.7. The second-order valence-electron chi connectivity index (χ2n) is 6.92. The maximum atomic E-state index is 12.2. The van der Waals surface area contributed by atoms with Crippen molar-refractivity contribution in [3.05, 3.63) is 71.8 Å². The fraction of sp³-hybridized carbons (Fsp3) is 0.364. The molecule has 0 saturated carbocycles. The number of nitrogens with one attached hydrogen (secondary N) is 1. The number of hydrogen-bond donors (Lipinski definition) is 1. The predicted octanol–water partition coefficient (Wildman–Crippen LogP) is 4.21. The van der Waals surface area contributed by atoms with Crippen molar-refractivity contribution >= 4 is 11.9 Å². The van der Waals surface area contributed by atoms with E-state index in [4.69, 9.17) is 4.74 Å². The van der Waals surface area contributed by atoms with Gasteiger partial charge in [-0.3, -0.25) is 9.59 Å². The number of carbonyl (C=O) groups excluding carboxylic acids is 2. The summed E-state index contributed by atoms with van der Waals surface area (Å²) in [5.74, 6) is 0.159. The van der Waals surface area contributed by atoms with Crippen LogP contribution < -0.4 is 5.32 Å². The van der Waals surface area contributed by atoms with Gasteiger partial charge in [-0.2, -0.15) is 0 Å². The van der Waals surface area contributed by atoms with Crippen molar-refractivity contribution in [3.63, 3.8) is 0 Å². The van der Waals surface area contributed by atoms with Gasteiger partial charge in [0, 0.05) is 12.1 Å². The SMILES string of the molecule is CC(C)C[C@H](CNC(=O)c1ccccc1)CC(=O)OCc1ccccc1. The maximum absolute atomic E-state index is 12.2. The van der Waals surface area contributed by atoms with Gasteiger partial charge in [0.1, 0.15) is 6.61 Å². The normalized spacial score (nSPS) is 11.8. The lowest BCUT2D eigenvalue weighted by Gasteiger charge is -2.19. The minimum absolute atomic E-state index is 0.0611. The van der Waals surface area contributed by atoms with Gasteiger partial charge in [0.15, 0.2) is 0 Å². The molecule has 0 radical (unpaired) electrons. The molecule has 1 N–H and O–H groups in total. The molecule has 4 heteroatoms. The van der Waals surface area contributed by atoms with Gasteiger partial charge in [0.25, 0.3) is 5.91 Å². The first-order valence-corrected chi connectivity index (χ1v) is 9.07. The summed E-state index contributed by atoms with van der Waals surface area (Å²) in [6.07, 6.45) is 1.16. The van der Waals surface area contributed by atoms with Gasteiger partial charge in [0.2, 0.25) is 0 Å². The summed E-state index contributed by atoms with van der Waals surface area (Å²) >= 11 is 0. The second-order valence-corrected chi connectivity index (χ2v) is 6.92. The summed E-state index contributed by atoms with van der Waals surface area (Å²) in [5, 5.41) is 2.94. The lowest BCUT2D eigenvalue weighted by Crippen LogP contribution is -2.31. The third-order valence-electron chi connectivity index (χ3n) is 4.09. The molecule has 0 aliphatic heterocycles. The minimum atomic E-state index is -0.228. The Balaban J connectivity index is 1.83. The van der Waals surface area contributed by atoms with Crippen LogP contribution in [0.5, 0.6) is 0 Å². The number of esters is 1. The highest BCUT2D eigenvalue weighted by Crippen LogP contribution is 2.16. The highest BCUT2D eigenvalue weighted by atomic mass is 16.5. The van der Waals surface area contributed by atoms with E-state index in [9.17, 15) is 9.59 Å². The Kier molecular flexibility index (Phi) is 7.87. The number of rotatable bonds is 9. The van der Waals surface area contributed by atoms with Crippen molar-refractivity contribution in [2.45, 2.75) is 33.3 Å². The van der Waals surface area contributed by atoms with Crippen molar-refractivity contribution < 1.29 is 14.3 Å². The Bertz CT molecular complexity index is 683. The molecule has 0 fully saturated rings. The summed E-state index contributed by atoms with van der Waals surface area (Å²) in [4.78, 5) is 24.4. The highest BCUT2D eigenvalue weighted by Gasteiger charge is 2.18. The van der Waals surface area contributed by atoms with Crippen LogP contribution in [0.2, 0.25) is 0 Å². The molecule has 0 spiro atoms. The molecule has 0 heterocycles. The molecule has 2 aromatic rings. The van der Waals surface area contributed by atoms with Crippen molar-refractivity contribution in [1.82, 2.24) is 5.32 Å². The Morgan fingerprint density at radius 1 is 0.962 bits per heavy atom. The lowest BCUT2D eigenvalue weighted by molar-refractivity contribution is -0.146. The summed E-state index contributed by atoms with van der Waals surface area (Å²) < 4.78 is 5.38. The summed E-state index contributed by atoms with van der Waals surface area (Å²) in [7, 11) is 0. The molecule has 2 aromatic carbocycles. The van der Waals surface area contributed by atoms with E-state index in [0.29, 0.717) is 24.4 Å². The zero-order chi connectivity index (χ0) is 18.8. The van der Waals surface area contributed by atoms with Gasteiger partial charge >= 0.3 is 5.97 Å². The average molecular weight is 353 g/mol. The van der Waals surface area contributed by atoms with E-state index in [0.717, 1.165) is 12.0 Å². The van der Waals surface area contributed by atoms with E-state index in [1.807, 2.05) is 48.5 Å². The van der Waals surface area contributed by atoms with Gasteiger partial charge in [-0.15, -0.1) is 0 Å². The zero-order valence-electron chi connectivity index (χ0n) is 15.5. The Hall–Kier alpha value is -2.62. The molecule has 0 aliphatic carbocycles. The molecular weight excluding hydrogens is 326 g/mol. The molecule has 2 rings (SSSR count). The van der Waals surface area contributed by atoms with Crippen LogP contribution >= 0.6 is 0 Å². The van der Waals surface area contributed by atoms with Crippen LogP contribution in [0, 0.1) is 11.8 Å². The van der Waals surface area contributed by atoms with Crippen LogP contribution in [0.1, 0.15) is 42.6 Å². The fourth-order valence-electron chi connectivity index (χ4n) is 2.87. The predicted molar refractivity (Wildman–Crippen MR) is 103 cm³/mol. The average Bonchev–Trinajstić information content (AvgIpc) is 2.65. The molecule has 0 aliphatic rings. The topological polar surface area (TPSA) is 55.4 Å². The van der Waals surface area contributed by atoms with Crippen molar-refractivity contribution in [2.24, 2.45) is 11.8 Å². The Labute approximate surface area is 155 Å². The van der Waals surface area contributed by atoms with Crippen LogP contribution in [0.25, 0.3) is 0 Å². The second kappa shape index (κ2) is 10.4. The molecular formula is C22H27NO3. The van der Waals surface area contributed by atoms with Gasteiger partial charge < -0.3 is 10.1 Å².